The molecule has 0 heterocycles. The lowest BCUT2D eigenvalue weighted by Gasteiger charge is -2.09. The van der Waals surface area contributed by atoms with Gasteiger partial charge in [-0.25, -0.2) is 0 Å². The van der Waals surface area contributed by atoms with Gasteiger partial charge < -0.3 is 15.2 Å². The second kappa shape index (κ2) is 7.39. The second-order valence-electron chi connectivity index (χ2n) is 2.25. The predicted molar refractivity (Wildman–Crippen MR) is 49.7 cm³/mol. The number of carbonyl (C=O) groups is 1. The summed E-state index contributed by atoms with van der Waals surface area (Å²) in [4.78, 5) is 10.5. The van der Waals surface area contributed by atoms with Crippen LogP contribution in [0.15, 0.2) is 0 Å². The quantitative estimate of drug-likeness (QED) is 0.559. The summed E-state index contributed by atoms with van der Waals surface area (Å²) in [5.41, 5.74) is 0. The van der Waals surface area contributed by atoms with Gasteiger partial charge in [0, 0.05) is 18.6 Å². The molecule has 0 fully saturated rings. The van der Waals surface area contributed by atoms with Crippen molar-refractivity contribution in [2.45, 2.75) is 6.04 Å². The summed E-state index contributed by atoms with van der Waals surface area (Å²) in [6.45, 7) is 0.667. The Labute approximate surface area is 76.7 Å². The molecular formula is C7H15NO3S. The molecular weight excluding hydrogens is 178 g/mol. The lowest BCUT2D eigenvalue weighted by Crippen LogP contribution is -2.36. The minimum absolute atomic E-state index is 0.452. The zero-order valence-corrected chi connectivity index (χ0v) is 8.19. The maximum Gasteiger partial charge on any atom is 0.321 e. The summed E-state index contributed by atoms with van der Waals surface area (Å²) in [6, 6.07) is -0.452. The number of rotatable bonds is 7. The molecule has 1 unspecified atom stereocenters. The lowest BCUT2D eigenvalue weighted by atomic mass is 10.3. The van der Waals surface area contributed by atoms with E-state index in [9.17, 15) is 4.79 Å². The molecule has 4 nitrogen and oxygen atoms in total. The Kier molecular flexibility index (Phi) is 7.23. The number of methoxy groups -OCH3 is 1. The molecule has 0 aliphatic rings. The summed E-state index contributed by atoms with van der Waals surface area (Å²) >= 11 is 1.57. The van der Waals surface area contributed by atoms with Crippen LogP contribution in [0.1, 0.15) is 0 Å². The molecule has 0 aliphatic carbocycles. The van der Waals surface area contributed by atoms with Crippen LogP contribution in [-0.4, -0.2) is 49.4 Å². The van der Waals surface area contributed by atoms with Gasteiger partial charge in [-0.1, -0.05) is 0 Å². The highest BCUT2D eigenvalue weighted by molar-refractivity contribution is 7.99. The zero-order chi connectivity index (χ0) is 9.40. The van der Waals surface area contributed by atoms with Gasteiger partial charge >= 0.3 is 5.97 Å². The minimum Gasteiger partial charge on any atom is -0.480 e. The van der Waals surface area contributed by atoms with Crippen LogP contribution < -0.4 is 5.32 Å². The smallest absolute Gasteiger partial charge is 0.321 e. The fourth-order valence-electron chi connectivity index (χ4n) is 0.622. The molecule has 0 aliphatic heterocycles. The molecule has 0 amide bonds. The summed E-state index contributed by atoms with van der Waals surface area (Å²) in [6.07, 6.45) is 0. The van der Waals surface area contributed by atoms with E-state index in [4.69, 9.17) is 9.84 Å². The normalized spacial score (nSPS) is 12.8. The summed E-state index contributed by atoms with van der Waals surface area (Å²) < 4.78 is 4.83. The van der Waals surface area contributed by atoms with Crippen LogP contribution in [0.3, 0.4) is 0 Å². The number of ether oxygens (including phenoxy) is 1. The predicted octanol–water partition coefficient (Wildman–Crippen LogP) is 0.0386. The van der Waals surface area contributed by atoms with Crippen LogP contribution in [0.2, 0.25) is 0 Å². The van der Waals surface area contributed by atoms with Crippen molar-refractivity contribution in [3.8, 4) is 0 Å². The van der Waals surface area contributed by atoms with E-state index < -0.39 is 12.0 Å². The Balaban J connectivity index is 3.38. The maximum atomic E-state index is 10.5. The molecule has 12 heavy (non-hydrogen) atoms. The van der Waals surface area contributed by atoms with E-state index in [0.29, 0.717) is 12.4 Å². The van der Waals surface area contributed by atoms with Gasteiger partial charge in [-0.15, -0.1) is 0 Å². The zero-order valence-electron chi connectivity index (χ0n) is 7.37. The Hall–Kier alpha value is -0.260. The highest BCUT2D eigenvalue weighted by Gasteiger charge is 2.13. The largest absolute Gasteiger partial charge is 0.480 e. The van der Waals surface area contributed by atoms with Crippen LogP contribution in [0.4, 0.5) is 0 Å². The van der Waals surface area contributed by atoms with Crippen LogP contribution in [-0.2, 0) is 9.53 Å². The summed E-state index contributed by atoms with van der Waals surface area (Å²) in [5, 5.41) is 11.3. The molecule has 0 spiro atoms. The van der Waals surface area contributed by atoms with Crippen molar-refractivity contribution >= 4 is 17.7 Å². The molecule has 72 valence electrons. The number of hydrogen-bond acceptors (Lipinski definition) is 4. The van der Waals surface area contributed by atoms with E-state index in [1.807, 2.05) is 0 Å². The van der Waals surface area contributed by atoms with Gasteiger partial charge in [-0.05, 0) is 7.05 Å². The average Bonchev–Trinajstić information content (AvgIpc) is 2.04. The molecule has 5 heteroatoms. The first-order valence-corrected chi connectivity index (χ1v) is 4.84. The van der Waals surface area contributed by atoms with Crippen molar-refractivity contribution in [3.05, 3.63) is 0 Å². The number of hydrogen-bond donors (Lipinski definition) is 2. The van der Waals surface area contributed by atoms with Gasteiger partial charge in [0.05, 0.1) is 6.61 Å². The first kappa shape index (κ1) is 11.7. The molecule has 0 radical (unpaired) electrons. The second-order valence-corrected chi connectivity index (χ2v) is 3.40. The third-order valence-electron chi connectivity index (χ3n) is 1.36. The van der Waals surface area contributed by atoms with E-state index in [1.54, 1.807) is 25.9 Å². The van der Waals surface area contributed by atoms with Crippen molar-refractivity contribution in [1.82, 2.24) is 5.32 Å². The molecule has 1 atom stereocenters. The molecule has 2 N–H and O–H groups in total. The van der Waals surface area contributed by atoms with Crippen molar-refractivity contribution in [3.63, 3.8) is 0 Å². The van der Waals surface area contributed by atoms with Gasteiger partial charge in [0.25, 0.3) is 0 Å². The number of nitrogens with one attached hydrogen (secondary N) is 1. The van der Waals surface area contributed by atoms with Crippen molar-refractivity contribution in [2.24, 2.45) is 0 Å². The molecule has 0 bridgehead atoms. The summed E-state index contributed by atoms with van der Waals surface area (Å²) in [7, 11) is 3.28. The molecule has 0 saturated heterocycles. The van der Waals surface area contributed by atoms with Gasteiger partial charge in [-0.2, -0.15) is 11.8 Å². The Morgan fingerprint density at radius 1 is 1.75 bits per heavy atom. The Morgan fingerprint density at radius 2 is 2.42 bits per heavy atom. The highest BCUT2D eigenvalue weighted by atomic mass is 32.2. The van der Waals surface area contributed by atoms with Gasteiger partial charge in [0.15, 0.2) is 0 Å². The van der Waals surface area contributed by atoms with Crippen LogP contribution >= 0.6 is 11.8 Å². The number of thioether (sulfide) groups is 1. The van der Waals surface area contributed by atoms with E-state index in [2.05, 4.69) is 5.32 Å². The fraction of sp³-hybridized carbons (Fsp3) is 0.857. The standard InChI is InChI=1S/C7H15NO3S/c1-8-6(7(9)10)5-12-4-3-11-2/h6,8H,3-5H2,1-2H3,(H,9,10). The number of likely N-dealkylation sites (N-methyl/N-ethyl adjacent to an activating group) is 1. The molecule has 0 aromatic carbocycles. The van der Waals surface area contributed by atoms with Crippen LogP contribution in [0.25, 0.3) is 0 Å². The third-order valence-corrected chi connectivity index (χ3v) is 2.39. The lowest BCUT2D eigenvalue weighted by molar-refractivity contribution is -0.138. The van der Waals surface area contributed by atoms with Crippen LogP contribution in [0.5, 0.6) is 0 Å². The van der Waals surface area contributed by atoms with E-state index in [1.165, 1.54) is 0 Å². The molecule has 0 aromatic rings. The molecule has 0 saturated carbocycles. The van der Waals surface area contributed by atoms with Crippen molar-refractivity contribution < 1.29 is 14.6 Å². The maximum absolute atomic E-state index is 10.5. The van der Waals surface area contributed by atoms with E-state index >= 15 is 0 Å². The monoisotopic (exact) mass is 193 g/mol. The number of carboxylic acids is 1. The summed E-state index contributed by atoms with van der Waals surface area (Å²) in [5.74, 6) is 0.611. The highest BCUT2D eigenvalue weighted by Crippen LogP contribution is 2.02. The fourth-order valence-corrected chi connectivity index (χ4v) is 1.62. The average molecular weight is 193 g/mol. The van der Waals surface area contributed by atoms with Gasteiger partial charge in [-0.3, -0.25) is 4.79 Å². The Bertz CT molecular complexity index is 132. The van der Waals surface area contributed by atoms with Crippen molar-refractivity contribution in [2.75, 3.05) is 32.3 Å². The third kappa shape index (κ3) is 5.40. The van der Waals surface area contributed by atoms with Crippen LogP contribution in [0, 0.1) is 0 Å². The van der Waals surface area contributed by atoms with Gasteiger partial charge in [0.1, 0.15) is 6.04 Å². The van der Waals surface area contributed by atoms with E-state index in [0.717, 1.165) is 5.75 Å². The first-order chi connectivity index (χ1) is 5.72. The topological polar surface area (TPSA) is 58.6 Å². The minimum atomic E-state index is -0.803. The Morgan fingerprint density at radius 3 is 2.83 bits per heavy atom. The molecule has 0 aromatic heterocycles. The van der Waals surface area contributed by atoms with E-state index in [-0.39, 0.29) is 0 Å². The van der Waals surface area contributed by atoms with Crippen molar-refractivity contribution in [1.29, 1.82) is 0 Å². The SMILES string of the molecule is CNC(CSCCOC)C(=O)O. The molecule has 0 rings (SSSR count). The number of aliphatic carboxylic acids is 1. The number of carboxylic acid groups (broad SMARTS) is 1. The first-order valence-electron chi connectivity index (χ1n) is 3.69. The van der Waals surface area contributed by atoms with Gasteiger partial charge in [0.2, 0.25) is 0 Å².